The number of aromatic nitrogens is 2. The van der Waals surface area contributed by atoms with Crippen LogP contribution in [-0.4, -0.2) is 34.6 Å². The first-order chi connectivity index (χ1) is 10.4. The van der Waals surface area contributed by atoms with Crippen molar-refractivity contribution in [1.29, 1.82) is 0 Å². The monoisotopic (exact) mass is 319 g/mol. The number of hydrogen-bond donors (Lipinski definition) is 3. The largest absolute Gasteiger partial charge is 0.337 e. The molecule has 22 heavy (non-hydrogen) atoms. The second kappa shape index (κ2) is 7.33. The SMILES string of the molecule is CC(C)(C)NCCNC(=O)Nc1nc(-c2cccnc2)cs1. The Hall–Kier alpha value is -1.99. The van der Waals surface area contributed by atoms with Gasteiger partial charge in [-0.3, -0.25) is 10.3 Å². The van der Waals surface area contributed by atoms with Gasteiger partial charge in [0.25, 0.3) is 0 Å². The fourth-order valence-electron chi connectivity index (χ4n) is 1.73. The summed E-state index contributed by atoms with van der Waals surface area (Å²) in [5, 5.41) is 11.3. The molecule has 2 rings (SSSR count). The van der Waals surface area contributed by atoms with E-state index in [2.05, 4.69) is 46.7 Å². The van der Waals surface area contributed by atoms with Crippen LogP contribution in [-0.2, 0) is 0 Å². The van der Waals surface area contributed by atoms with E-state index >= 15 is 0 Å². The normalized spacial score (nSPS) is 11.2. The molecule has 0 bridgehead atoms. The number of carbonyl (C=O) groups excluding carboxylic acids is 1. The predicted molar refractivity (Wildman–Crippen MR) is 90.1 cm³/mol. The Morgan fingerprint density at radius 2 is 2.14 bits per heavy atom. The van der Waals surface area contributed by atoms with E-state index in [1.54, 1.807) is 12.4 Å². The van der Waals surface area contributed by atoms with Crippen LogP contribution in [0.5, 0.6) is 0 Å². The number of carbonyl (C=O) groups is 1. The molecule has 2 amide bonds. The number of hydrogen-bond acceptors (Lipinski definition) is 5. The summed E-state index contributed by atoms with van der Waals surface area (Å²) in [6.07, 6.45) is 3.46. The van der Waals surface area contributed by atoms with E-state index in [4.69, 9.17) is 0 Å². The highest BCUT2D eigenvalue weighted by atomic mass is 32.1. The van der Waals surface area contributed by atoms with Crippen molar-refractivity contribution in [2.24, 2.45) is 0 Å². The molecule has 0 unspecified atom stereocenters. The van der Waals surface area contributed by atoms with Crippen molar-refractivity contribution in [3.63, 3.8) is 0 Å². The van der Waals surface area contributed by atoms with E-state index < -0.39 is 0 Å². The van der Waals surface area contributed by atoms with E-state index in [-0.39, 0.29) is 11.6 Å². The van der Waals surface area contributed by atoms with Gasteiger partial charge in [-0.15, -0.1) is 11.3 Å². The van der Waals surface area contributed by atoms with Crippen LogP contribution >= 0.6 is 11.3 Å². The highest BCUT2D eigenvalue weighted by Gasteiger charge is 2.09. The van der Waals surface area contributed by atoms with Crippen molar-refractivity contribution >= 4 is 22.5 Å². The first-order valence-electron chi connectivity index (χ1n) is 7.10. The summed E-state index contributed by atoms with van der Waals surface area (Å²) >= 11 is 1.39. The average molecular weight is 319 g/mol. The summed E-state index contributed by atoms with van der Waals surface area (Å²) in [7, 11) is 0. The van der Waals surface area contributed by atoms with E-state index in [9.17, 15) is 4.79 Å². The van der Waals surface area contributed by atoms with E-state index in [1.807, 2.05) is 17.5 Å². The van der Waals surface area contributed by atoms with Gasteiger partial charge in [-0.05, 0) is 32.9 Å². The highest BCUT2D eigenvalue weighted by molar-refractivity contribution is 7.14. The van der Waals surface area contributed by atoms with E-state index in [0.717, 1.165) is 17.8 Å². The number of anilines is 1. The van der Waals surface area contributed by atoms with Gasteiger partial charge in [-0.25, -0.2) is 9.78 Å². The minimum absolute atomic E-state index is 0.0477. The zero-order valence-electron chi connectivity index (χ0n) is 13.0. The zero-order chi connectivity index (χ0) is 16.0. The topological polar surface area (TPSA) is 78.9 Å². The highest BCUT2D eigenvalue weighted by Crippen LogP contribution is 2.23. The third-order valence-electron chi connectivity index (χ3n) is 2.75. The Balaban J connectivity index is 1.79. The lowest BCUT2D eigenvalue weighted by Crippen LogP contribution is -2.42. The van der Waals surface area contributed by atoms with Crippen molar-refractivity contribution in [2.75, 3.05) is 18.4 Å². The van der Waals surface area contributed by atoms with Crippen LogP contribution in [0, 0.1) is 0 Å². The Morgan fingerprint density at radius 1 is 1.32 bits per heavy atom. The molecule has 0 aliphatic carbocycles. The van der Waals surface area contributed by atoms with Crippen molar-refractivity contribution < 1.29 is 4.79 Å². The van der Waals surface area contributed by atoms with Crippen LogP contribution in [0.2, 0.25) is 0 Å². The number of pyridine rings is 1. The number of urea groups is 1. The van der Waals surface area contributed by atoms with Gasteiger partial charge in [0, 0.05) is 42.0 Å². The van der Waals surface area contributed by atoms with Crippen LogP contribution in [0.25, 0.3) is 11.3 Å². The van der Waals surface area contributed by atoms with Gasteiger partial charge in [-0.2, -0.15) is 0 Å². The molecule has 0 spiro atoms. The molecule has 118 valence electrons. The summed E-state index contributed by atoms with van der Waals surface area (Å²) in [5.74, 6) is 0. The lowest BCUT2D eigenvalue weighted by molar-refractivity contribution is 0.251. The fraction of sp³-hybridized carbons (Fsp3) is 0.400. The maximum Gasteiger partial charge on any atom is 0.321 e. The molecule has 2 aromatic heterocycles. The summed E-state index contributed by atoms with van der Waals surface area (Å²) in [6, 6.07) is 3.55. The summed E-state index contributed by atoms with van der Waals surface area (Å²) < 4.78 is 0. The number of nitrogens with one attached hydrogen (secondary N) is 3. The Morgan fingerprint density at radius 3 is 2.82 bits per heavy atom. The van der Waals surface area contributed by atoms with Crippen molar-refractivity contribution in [3.05, 3.63) is 29.9 Å². The van der Waals surface area contributed by atoms with Gasteiger partial charge in [0.05, 0.1) is 5.69 Å². The Labute approximate surface area is 134 Å². The second-order valence-electron chi connectivity index (χ2n) is 5.84. The minimum Gasteiger partial charge on any atom is -0.337 e. The molecule has 6 nitrogen and oxygen atoms in total. The number of nitrogens with zero attached hydrogens (tertiary/aromatic N) is 2. The van der Waals surface area contributed by atoms with Crippen molar-refractivity contribution in [3.8, 4) is 11.3 Å². The van der Waals surface area contributed by atoms with E-state index in [0.29, 0.717) is 11.7 Å². The van der Waals surface area contributed by atoms with Crippen LogP contribution in [0.15, 0.2) is 29.9 Å². The smallest absolute Gasteiger partial charge is 0.321 e. The molecule has 0 radical (unpaired) electrons. The summed E-state index contributed by atoms with van der Waals surface area (Å²) in [4.78, 5) is 20.2. The van der Waals surface area contributed by atoms with Gasteiger partial charge in [0.1, 0.15) is 0 Å². The molecule has 0 saturated heterocycles. The van der Waals surface area contributed by atoms with Gasteiger partial charge in [0.15, 0.2) is 5.13 Å². The Bertz CT molecular complexity index is 606. The first-order valence-corrected chi connectivity index (χ1v) is 7.98. The molecule has 2 heterocycles. The standard InChI is InChI=1S/C15H21N5OS/c1-15(2,3)18-8-7-17-13(21)20-14-19-12(10-22-14)11-5-4-6-16-9-11/h4-6,9-10,18H,7-8H2,1-3H3,(H2,17,19,20,21). The lowest BCUT2D eigenvalue weighted by Gasteiger charge is -2.20. The zero-order valence-corrected chi connectivity index (χ0v) is 13.8. The second-order valence-corrected chi connectivity index (χ2v) is 6.70. The molecular weight excluding hydrogens is 298 g/mol. The summed E-state index contributed by atoms with van der Waals surface area (Å²) in [6.45, 7) is 7.54. The first kappa shape index (κ1) is 16.4. The number of amides is 2. The number of rotatable bonds is 5. The van der Waals surface area contributed by atoms with Crippen LogP contribution in [0.4, 0.5) is 9.93 Å². The third-order valence-corrected chi connectivity index (χ3v) is 3.51. The quantitative estimate of drug-likeness (QED) is 0.740. The van der Waals surface area contributed by atoms with Crippen molar-refractivity contribution in [1.82, 2.24) is 20.6 Å². The van der Waals surface area contributed by atoms with Gasteiger partial charge in [0.2, 0.25) is 0 Å². The third kappa shape index (κ3) is 5.42. The number of thiazole rings is 1. The van der Waals surface area contributed by atoms with Crippen LogP contribution in [0.1, 0.15) is 20.8 Å². The molecule has 0 aliphatic rings. The maximum absolute atomic E-state index is 11.8. The predicted octanol–water partition coefficient (Wildman–Crippen LogP) is 2.71. The van der Waals surface area contributed by atoms with Gasteiger partial charge < -0.3 is 10.6 Å². The molecule has 0 aliphatic heterocycles. The van der Waals surface area contributed by atoms with Crippen molar-refractivity contribution in [2.45, 2.75) is 26.3 Å². The molecule has 0 aromatic carbocycles. The molecule has 3 N–H and O–H groups in total. The minimum atomic E-state index is -0.247. The summed E-state index contributed by atoms with van der Waals surface area (Å²) in [5.41, 5.74) is 1.79. The van der Waals surface area contributed by atoms with Gasteiger partial charge >= 0.3 is 6.03 Å². The molecule has 0 fully saturated rings. The fourth-order valence-corrected chi connectivity index (χ4v) is 2.45. The van der Waals surface area contributed by atoms with E-state index in [1.165, 1.54) is 11.3 Å². The molecule has 2 aromatic rings. The lowest BCUT2D eigenvalue weighted by atomic mass is 10.1. The average Bonchev–Trinajstić information content (AvgIpc) is 2.92. The molecule has 0 saturated carbocycles. The maximum atomic E-state index is 11.8. The molecular formula is C15H21N5OS. The van der Waals surface area contributed by atoms with Gasteiger partial charge in [-0.1, -0.05) is 0 Å². The van der Waals surface area contributed by atoms with Crippen LogP contribution in [0.3, 0.4) is 0 Å². The Kier molecular flexibility index (Phi) is 5.46. The molecule has 0 atom stereocenters. The van der Waals surface area contributed by atoms with Crippen LogP contribution < -0.4 is 16.0 Å². The molecule has 7 heteroatoms.